The molecule has 1 atom stereocenters. The molecule has 1 aliphatic rings. The Bertz CT molecular complexity index is 696. The number of furan rings is 1. The number of benzene rings is 1. The van der Waals surface area contributed by atoms with Crippen LogP contribution in [0.25, 0.3) is 0 Å². The molecule has 0 saturated heterocycles. The number of para-hydroxylation sites is 2. The molecule has 2 aromatic rings. The number of carbonyl (C=O) groups is 2. The third kappa shape index (κ3) is 3.21. The molecule has 1 aliphatic heterocycles. The van der Waals surface area contributed by atoms with Gasteiger partial charge in [-0.25, -0.2) is 0 Å². The van der Waals surface area contributed by atoms with Crippen molar-refractivity contribution in [1.29, 1.82) is 0 Å². The molecule has 3 rings (SSSR count). The largest absolute Gasteiger partial charge is 0.478 e. The average Bonchev–Trinajstić information content (AvgIpc) is 3.09. The van der Waals surface area contributed by atoms with E-state index in [1.165, 1.54) is 4.90 Å². The van der Waals surface area contributed by atoms with E-state index in [1.54, 1.807) is 30.5 Å². The van der Waals surface area contributed by atoms with Gasteiger partial charge < -0.3 is 14.5 Å². The van der Waals surface area contributed by atoms with E-state index in [2.05, 4.69) is 5.32 Å². The molecule has 0 bridgehead atoms. The summed E-state index contributed by atoms with van der Waals surface area (Å²) in [6, 6.07) is 10.8. The van der Waals surface area contributed by atoms with Crippen molar-refractivity contribution in [2.24, 2.45) is 0 Å². The molecule has 6 heteroatoms. The monoisotopic (exact) mass is 314 g/mol. The van der Waals surface area contributed by atoms with Gasteiger partial charge in [-0.15, -0.1) is 0 Å². The van der Waals surface area contributed by atoms with E-state index < -0.39 is 6.10 Å². The molecule has 0 saturated carbocycles. The highest BCUT2D eigenvalue weighted by Crippen LogP contribution is 2.34. The fourth-order valence-electron chi connectivity index (χ4n) is 2.50. The van der Waals surface area contributed by atoms with Crippen molar-refractivity contribution < 1.29 is 18.7 Å². The maximum Gasteiger partial charge on any atom is 0.268 e. The number of rotatable bonds is 5. The summed E-state index contributed by atoms with van der Waals surface area (Å²) >= 11 is 0. The smallest absolute Gasteiger partial charge is 0.268 e. The predicted molar refractivity (Wildman–Crippen MR) is 84.1 cm³/mol. The lowest BCUT2D eigenvalue weighted by Gasteiger charge is -2.33. The van der Waals surface area contributed by atoms with Gasteiger partial charge in [-0.1, -0.05) is 19.1 Å². The summed E-state index contributed by atoms with van der Waals surface area (Å²) in [7, 11) is 0. The van der Waals surface area contributed by atoms with E-state index in [0.717, 1.165) is 0 Å². The van der Waals surface area contributed by atoms with Crippen molar-refractivity contribution in [1.82, 2.24) is 5.32 Å². The van der Waals surface area contributed by atoms with E-state index in [0.29, 0.717) is 30.2 Å². The maximum absolute atomic E-state index is 12.5. The summed E-state index contributed by atoms with van der Waals surface area (Å²) in [6.45, 7) is 2.13. The molecule has 1 N–H and O–H groups in total. The van der Waals surface area contributed by atoms with Gasteiger partial charge in [0.15, 0.2) is 6.10 Å². The van der Waals surface area contributed by atoms with Crippen LogP contribution < -0.4 is 15.0 Å². The molecule has 1 aromatic heterocycles. The first-order valence-electron chi connectivity index (χ1n) is 7.55. The topological polar surface area (TPSA) is 71.8 Å². The van der Waals surface area contributed by atoms with E-state index >= 15 is 0 Å². The van der Waals surface area contributed by atoms with Crippen LogP contribution in [0.1, 0.15) is 19.1 Å². The predicted octanol–water partition coefficient (Wildman–Crippen LogP) is 2.10. The van der Waals surface area contributed by atoms with Gasteiger partial charge in [-0.2, -0.15) is 0 Å². The minimum Gasteiger partial charge on any atom is -0.478 e. The number of carbonyl (C=O) groups excluding carboxylic acids is 2. The molecule has 2 heterocycles. The Kier molecular flexibility index (Phi) is 4.32. The number of fused-ring (bicyclic) bond motifs is 1. The molecule has 2 amide bonds. The zero-order valence-corrected chi connectivity index (χ0v) is 12.8. The number of anilines is 1. The number of ether oxygens (including phenoxy) is 1. The van der Waals surface area contributed by atoms with Crippen molar-refractivity contribution in [2.45, 2.75) is 26.0 Å². The molecule has 0 aliphatic carbocycles. The van der Waals surface area contributed by atoms with Crippen LogP contribution >= 0.6 is 0 Å². The number of nitrogens with zero attached hydrogens (tertiary/aromatic N) is 1. The van der Waals surface area contributed by atoms with Gasteiger partial charge in [-0.05, 0) is 30.7 Å². The molecule has 23 heavy (non-hydrogen) atoms. The van der Waals surface area contributed by atoms with Gasteiger partial charge in [0.2, 0.25) is 5.91 Å². The highest BCUT2D eigenvalue weighted by atomic mass is 16.5. The average molecular weight is 314 g/mol. The zero-order valence-electron chi connectivity index (χ0n) is 12.8. The van der Waals surface area contributed by atoms with Gasteiger partial charge in [-0.3, -0.25) is 14.5 Å². The minimum atomic E-state index is -0.553. The standard InChI is InChI=1S/C17H18N2O4/c1-2-14-17(21)19(13-7-3-4-8-15(13)23-14)11-16(20)18-10-12-6-5-9-22-12/h3-9,14H,2,10-11H2,1H3,(H,18,20)/t14-/m1/s1. The number of nitrogens with one attached hydrogen (secondary N) is 1. The van der Waals surface area contributed by atoms with Crippen LogP contribution in [0.4, 0.5) is 5.69 Å². The zero-order chi connectivity index (χ0) is 16.2. The highest BCUT2D eigenvalue weighted by Gasteiger charge is 2.34. The summed E-state index contributed by atoms with van der Waals surface area (Å²) < 4.78 is 10.9. The van der Waals surface area contributed by atoms with Crippen LogP contribution in [0.5, 0.6) is 5.75 Å². The highest BCUT2D eigenvalue weighted by molar-refractivity contribution is 6.03. The van der Waals surface area contributed by atoms with Crippen molar-refractivity contribution in [3.05, 3.63) is 48.4 Å². The number of amides is 2. The first-order valence-corrected chi connectivity index (χ1v) is 7.55. The Labute approximate surface area is 134 Å². The van der Waals surface area contributed by atoms with Gasteiger partial charge in [0.1, 0.15) is 18.1 Å². The minimum absolute atomic E-state index is 0.0452. The van der Waals surface area contributed by atoms with E-state index in [1.807, 2.05) is 19.1 Å². The summed E-state index contributed by atoms with van der Waals surface area (Å²) in [6.07, 6.45) is 1.55. The second-order valence-electron chi connectivity index (χ2n) is 5.26. The summed E-state index contributed by atoms with van der Waals surface area (Å²) in [5, 5.41) is 2.75. The first kappa shape index (κ1) is 15.1. The third-order valence-corrected chi connectivity index (χ3v) is 3.68. The summed E-state index contributed by atoms with van der Waals surface area (Å²) in [4.78, 5) is 26.1. The van der Waals surface area contributed by atoms with E-state index in [-0.39, 0.29) is 18.4 Å². The van der Waals surface area contributed by atoms with E-state index in [4.69, 9.17) is 9.15 Å². The fourth-order valence-corrected chi connectivity index (χ4v) is 2.50. The Balaban J connectivity index is 1.72. The molecule has 0 spiro atoms. The lowest BCUT2D eigenvalue weighted by molar-refractivity contribution is -0.129. The van der Waals surface area contributed by atoms with Crippen LogP contribution in [0, 0.1) is 0 Å². The number of hydrogen-bond donors (Lipinski definition) is 1. The second-order valence-corrected chi connectivity index (χ2v) is 5.26. The van der Waals surface area contributed by atoms with Crippen LogP contribution in [-0.2, 0) is 16.1 Å². The Hall–Kier alpha value is -2.76. The van der Waals surface area contributed by atoms with Crippen molar-refractivity contribution in [3.8, 4) is 5.75 Å². The van der Waals surface area contributed by atoms with Crippen LogP contribution in [0.2, 0.25) is 0 Å². The molecule has 0 radical (unpaired) electrons. The molecule has 120 valence electrons. The van der Waals surface area contributed by atoms with Gasteiger partial charge in [0.05, 0.1) is 18.5 Å². The summed E-state index contributed by atoms with van der Waals surface area (Å²) in [5.41, 5.74) is 0.621. The van der Waals surface area contributed by atoms with Crippen LogP contribution in [0.15, 0.2) is 47.1 Å². The normalized spacial score (nSPS) is 16.7. The second kappa shape index (κ2) is 6.56. The van der Waals surface area contributed by atoms with Crippen molar-refractivity contribution in [3.63, 3.8) is 0 Å². The lowest BCUT2D eigenvalue weighted by atomic mass is 10.1. The fraction of sp³-hybridized carbons (Fsp3) is 0.294. The van der Waals surface area contributed by atoms with E-state index in [9.17, 15) is 9.59 Å². The Morgan fingerprint density at radius 1 is 1.26 bits per heavy atom. The Morgan fingerprint density at radius 2 is 2.09 bits per heavy atom. The molecule has 0 unspecified atom stereocenters. The Morgan fingerprint density at radius 3 is 2.83 bits per heavy atom. The maximum atomic E-state index is 12.5. The van der Waals surface area contributed by atoms with Crippen LogP contribution in [0.3, 0.4) is 0 Å². The van der Waals surface area contributed by atoms with Gasteiger partial charge in [0, 0.05) is 0 Å². The van der Waals surface area contributed by atoms with Crippen LogP contribution in [-0.4, -0.2) is 24.5 Å². The SMILES string of the molecule is CC[C@H]1Oc2ccccc2N(CC(=O)NCc2ccco2)C1=O. The van der Waals surface area contributed by atoms with Gasteiger partial charge in [0.25, 0.3) is 5.91 Å². The van der Waals surface area contributed by atoms with Crippen molar-refractivity contribution in [2.75, 3.05) is 11.4 Å². The number of hydrogen-bond acceptors (Lipinski definition) is 4. The summed E-state index contributed by atoms with van der Waals surface area (Å²) in [5.74, 6) is 0.844. The quantitative estimate of drug-likeness (QED) is 0.917. The first-order chi connectivity index (χ1) is 11.2. The lowest BCUT2D eigenvalue weighted by Crippen LogP contribution is -2.49. The molecular formula is C17H18N2O4. The molecule has 6 nitrogen and oxygen atoms in total. The molecule has 0 fully saturated rings. The van der Waals surface area contributed by atoms with Crippen molar-refractivity contribution >= 4 is 17.5 Å². The third-order valence-electron chi connectivity index (χ3n) is 3.68. The van der Waals surface area contributed by atoms with Gasteiger partial charge >= 0.3 is 0 Å². The molecule has 1 aromatic carbocycles. The molecular weight excluding hydrogens is 296 g/mol.